The lowest BCUT2D eigenvalue weighted by atomic mass is 10.00. The molecule has 5 nitrogen and oxygen atoms in total. The van der Waals surface area contributed by atoms with Gasteiger partial charge < -0.3 is 0 Å². The molecule has 0 saturated heterocycles. The van der Waals surface area contributed by atoms with Crippen LogP contribution in [-0.2, 0) is 26.1 Å². The van der Waals surface area contributed by atoms with E-state index in [1.165, 1.54) is 31.8 Å². The SMILES string of the molecule is O=c1sn(CCCN2CCc3ccccc3C2)c(=O)n1Cc1ccc(F)cc1. The van der Waals surface area contributed by atoms with Crippen LogP contribution in [0.2, 0.25) is 0 Å². The van der Waals surface area contributed by atoms with Crippen molar-refractivity contribution >= 4 is 11.5 Å². The third-order valence-electron chi connectivity index (χ3n) is 5.15. The van der Waals surface area contributed by atoms with Crippen LogP contribution >= 0.6 is 11.5 Å². The van der Waals surface area contributed by atoms with E-state index in [1.807, 2.05) is 0 Å². The number of benzene rings is 2. The van der Waals surface area contributed by atoms with Crippen molar-refractivity contribution in [3.05, 3.63) is 91.2 Å². The van der Waals surface area contributed by atoms with Crippen LogP contribution < -0.4 is 10.6 Å². The average Bonchev–Trinajstić information content (AvgIpc) is 2.97. The highest BCUT2D eigenvalue weighted by molar-refractivity contribution is 7.03. The van der Waals surface area contributed by atoms with Gasteiger partial charge >= 0.3 is 10.6 Å². The molecule has 0 spiro atoms. The Labute approximate surface area is 166 Å². The van der Waals surface area contributed by atoms with Crippen LogP contribution in [0.3, 0.4) is 0 Å². The zero-order valence-corrected chi connectivity index (χ0v) is 16.3. The second-order valence-corrected chi connectivity index (χ2v) is 8.08. The minimum absolute atomic E-state index is 0.171. The fraction of sp³-hybridized carbons (Fsp3) is 0.333. The van der Waals surface area contributed by atoms with Gasteiger partial charge in [-0.3, -0.25) is 9.69 Å². The Balaban J connectivity index is 1.36. The third-order valence-corrected chi connectivity index (χ3v) is 6.09. The summed E-state index contributed by atoms with van der Waals surface area (Å²) in [5, 5.41) is 0. The number of nitrogens with zero attached hydrogens (tertiary/aromatic N) is 3. The molecule has 1 aliphatic heterocycles. The molecule has 1 aliphatic rings. The fourth-order valence-electron chi connectivity index (χ4n) is 3.62. The van der Waals surface area contributed by atoms with Crippen molar-refractivity contribution in [2.45, 2.75) is 32.5 Å². The molecule has 28 heavy (non-hydrogen) atoms. The standard InChI is InChI=1S/C21H22FN3O2S/c22-19-8-6-16(7-9-19)14-24-20(26)25(28-21(24)27)12-3-11-23-13-10-17-4-1-2-5-18(17)15-23/h1-2,4-9H,3,10-15H2. The first kappa shape index (κ1) is 18.8. The van der Waals surface area contributed by atoms with E-state index in [4.69, 9.17) is 0 Å². The number of fused-ring (bicyclic) bond motifs is 1. The van der Waals surface area contributed by atoms with Crippen molar-refractivity contribution in [3.8, 4) is 0 Å². The van der Waals surface area contributed by atoms with Crippen molar-refractivity contribution in [3.63, 3.8) is 0 Å². The van der Waals surface area contributed by atoms with Gasteiger partial charge in [0.25, 0.3) is 0 Å². The van der Waals surface area contributed by atoms with Gasteiger partial charge in [-0.1, -0.05) is 36.4 Å². The summed E-state index contributed by atoms with van der Waals surface area (Å²) in [5.74, 6) is -0.334. The Kier molecular flexibility index (Phi) is 5.54. The average molecular weight is 399 g/mol. The van der Waals surface area contributed by atoms with Gasteiger partial charge in [0.05, 0.1) is 6.54 Å². The molecule has 0 amide bonds. The van der Waals surface area contributed by atoms with Gasteiger partial charge in [-0.2, -0.15) is 0 Å². The van der Waals surface area contributed by atoms with Gasteiger partial charge in [-0.15, -0.1) is 0 Å². The van der Waals surface area contributed by atoms with Crippen LogP contribution in [0.15, 0.2) is 58.1 Å². The Morgan fingerprint density at radius 2 is 1.71 bits per heavy atom. The number of aromatic nitrogens is 2. The third kappa shape index (κ3) is 4.15. The Morgan fingerprint density at radius 1 is 0.964 bits per heavy atom. The van der Waals surface area contributed by atoms with E-state index >= 15 is 0 Å². The second kappa shape index (κ2) is 8.24. The molecule has 3 aromatic rings. The summed E-state index contributed by atoms with van der Waals surface area (Å²) in [7, 11) is 0. The van der Waals surface area contributed by atoms with E-state index in [0.717, 1.165) is 49.6 Å². The van der Waals surface area contributed by atoms with E-state index in [1.54, 1.807) is 12.1 Å². The first-order valence-corrected chi connectivity index (χ1v) is 10.2. The number of hydrogen-bond donors (Lipinski definition) is 0. The van der Waals surface area contributed by atoms with Crippen LogP contribution in [0, 0.1) is 5.82 Å². The molecule has 0 unspecified atom stereocenters. The van der Waals surface area contributed by atoms with Gasteiger partial charge in [0.2, 0.25) is 0 Å². The van der Waals surface area contributed by atoms with Gasteiger partial charge in [0, 0.05) is 37.7 Å². The predicted molar refractivity (Wildman–Crippen MR) is 108 cm³/mol. The largest absolute Gasteiger partial charge is 0.341 e. The van der Waals surface area contributed by atoms with Crippen molar-refractivity contribution in [2.75, 3.05) is 13.1 Å². The summed E-state index contributed by atoms with van der Waals surface area (Å²) in [6, 6.07) is 14.4. The molecule has 0 N–H and O–H groups in total. The van der Waals surface area contributed by atoms with Crippen molar-refractivity contribution in [2.24, 2.45) is 0 Å². The Morgan fingerprint density at radius 3 is 2.50 bits per heavy atom. The maximum Gasteiger partial charge on any atom is 0.341 e. The van der Waals surface area contributed by atoms with Gasteiger partial charge in [-0.25, -0.2) is 17.7 Å². The molecule has 0 bridgehead atoms. The Bertz CT molecular complexity index is 1070. The monoisotopic (exact) mass is 399 g/mol. The number of halogens is 1. The highest BCUT2D eigenvalue weighted by Gasteiger charge is 2.16. The van der Waals surface area contributed by atoms with Crippen molar-refractivity contribution < 1.29 is 4.39 Å². The summed E-state index contributed by atoms with van der Waals surface area (Å²) in [5.41, 5.74) is 3.24. The zero-order chi connectivity index (χ0) is 19.5. The lowest BCUT2D eigenvalue weighted by Gasteiger charge is -2.28. The minimum Gasteiger partial charge on any atom is -0.299 e. The summed E-state index contributed by atoms with van der Waals surface area (Å²) in [4.78, 5) is 26.9. The lowest BCUT2D eigenvalue weighted by Crippen LogP contribution is -2.33. The number of aryl methyl sites for hydroxylation is 1. The van der Waals surface area contributed by atoms with Crippen LogP contribution in [0.1, 0.15) is 23.1 Å². The molecule has 0 radical (unpaired) electrons. The summed E-state index contributed by atoms with van der Waals surface area (Å²) in [6.45, 7) is 3.56. The van der Waals surface area contributed by atoms with E-state index in [2.05, 4.69) is 29.2 Å². The van der Waals surface area contributed by atoms with Gasteiger partial charge in [0.15, 0.2) is 0 Å². The normalized spacial score (nSPS) is 14.2. The van der Waals surface area contributed by atoms with Gasteiger partial charge in [-0.05, 0) is 41.7 Å². The fourth-order valence-corrected chi connectivity index (χ4v) is 4.45. The zero-order valence-electron chi connectivity index (χ0n) is 15.5. The molecule has 2 heterocycles. The minimum atomic E-state index is -0.334. The summed E-state index contributed by atoms with van der Waals surface area (Å²) in [6.07, 6.45) is 1.87. The molecule has 146 valence electrons. The molecule has 0 fully saturated rings. The molecule has 2 aromatic carbocycles. The lowest BCUT2D eigenvalue weighted by molar-refractivity contribution is 0.247. The summed E-state index contributed by atoms with van der Waals surface area (Å²) < 4.78 is 15.8. The first-order chi connectivity index (χ1) is 13.6. The maximum absolute atomic E-state index is 13.0. The Hall–Kier alpha value is -2.51. The maximum atomic E-state index is 13.0. The van der Waals surface area contributed by atoms with Crippen LogP contribution in [0.25, 0.3) is 0 Å². The van der Waals surface area contributed by atoms with E-state index in [-0.39, 0.29) is 22.9 Å². The summed E-state index contributed by atoms with van der Waals surface area (Å²) >= 11 is 0.958. The van der Waals surface area contributed by atoms with Crippen LogP contribution in [0.5, 0.6) is 0 Å². The topological polar surface area (TPSA) is 47.2 Å². The first-order valence-electron chi connectivity index (χ1n) is 9.45. The second-order valence-electron chi connectivity index (χ2n) is 7.10. The van der Waals surface area contributed by atoms with E-state index in [0.29, 0.717) is 6.54 Å². The smallest absolute Gasteiger partial charge is 0.299 e. The van der Waals surface area contributed by atoms with Crippen LogP contribution in [0.4, 0.5) is 4.39 Å². The number of hydrogen-bond acceptors (Lipinski definition) is 4. The molecule has 7 heteroatoms. The predicted octanol–water partition coefficient (Wildman–Crippen LogP) is 2.71. The number of rotatable bonds is 6. The quantitative estimate of drug-likeness (QED) is 0.640. The highest BCUT2D eigenvalue weighted by Crippen LogP contribution is 2.18. The molecule has 0 atom stereocenters. The molecule has 0 saturated carbocycles. The molecule has 0 aliphatic carbocycles. The van der Waals surface area contributed by atoms with Crippen molar-refractivity contribution in [1.82, 2.24) is 13.4 Å². The van der Waals surface area contributed by atoms with E-state index < -0.39 is 0 Å². The van der Waals surface area contributed by atoms with E-state index in [9.17, 15) is 14.0 Å². The molecule has 1 aromatic heterocycles. The van der Waals surface area contributed by atoms with Crippen molar-refractivity contribution in [1.29, 1.82) is 0 Å². The molecular weight excluding hydrogens is 377 g/mol. The molecule has 4 rings (SSSR count). The van der Waals surface area contributed by atoms with Gasteiger partial charge in [0.1, 0.15) is 5.82 Å². The highest BCUT2D eigenvalue weighted by atomic mass is 32.1. The van der Waals surface area contributed by atoms with Crippen LogP contribution in [-0.4, -0.2) is 26.5 Å². The molecular formula is C21H22FN3O2S.